The van der Waals surface area contributed by atoms with Gasteiger partial charge in [0.2, 0.25) is 5.91 Å². The molecule has 16 heavy (non-hydrogen) atoms. The molecule has 1 saturated heterocycles. The van der Waals surface area contributed by atoms with E-state index >= 15 is 0 Å². The van der Waals surface area contributed by atoms with Crippen LogP contribution in [-0.4, -0.2) is 26.0 Å². The SMILES string of the molecule is CC(C(=O)N(C)c1ccccc1)C1CNC1. The van der Waals surface area contributed by atoms with Crippen LogP contribution in [0.25, 0.3) is 0 Å². The minimum absolute atomic E-state index is 0.103. The first-order valence-electron chi connectivity index (χ1n) is 5.73. The van der Waals surface area contributed by atoms with Gasteiger partial charge in [-0.25, -0.2) is 0 Å². The van der Waals surface area contributed by atoms with Crippen molar-refractivity contribution in [2.75, 3.05) is 25.0 Å². The lowest BCUT2D eigenvalue weighted by molar-refractivity contribution is -0.123. The molecule has 0 saturated carbocycles. The summed E-state index contributed by atoms with van der Waals surface area (Å²) >= 11 is 0. The summed E-state index contributed by atoms with van der Waals surface area (Å²) in [5.41, 5.74) is 0.964. The zero-order valence-corrected chi connectivity index (χ0v) is 9.81. The van der Waals surface area contributed by atoms with Crippen LogP contribution in [0.15, 0.2) is 30.3 Å². The molecule has 1 N–H and O–H groups in total. The van der Waals surface area contributed by atoms with Crippen LogP contribution in [0.3, 0.4) is 0 Å². The molecular weight excluding hydrogens is 200 g/mol. The lowest BCUT2D eigenvalue weighted by Gasteiger charge is -2.33. The molecule has 3 heteroatoms. The molecule has 1 unspecified atom stereocenters. The lowest BCUT2D eigenvalue weighted by atomic mass is 9.88. The van der Waals surface area contributed by atoms with Gasteiger partial charge in [0.05, 0.1) is 0 Å². The summed E-state index contributed by atoms with van der Waals surface area (Å²) in [7, 11) is 1.85. The largest absolute Gasteiger partial charge is 0.316 e. The fraction of sp³-hybridized carbons (Fsp3) is 0.462. The highest BCUT2D eigenvalue weighted by molar-refractivity contribution is 5.94. The maximum Gasteiger partial charge on any atom is 0.229 e. The fourth-order valence-corrected chi connectivity index (χ4v) is 1.95. The summed E-state index contributed by atoms with van der Waals surface area (Å²) in [6.45, 7) is 3.96. The van der Waals surface area contributed by atoms with Crippen LogP contribution in [0.1, 0.15) is 6.92 Å². The Morgan fingerprint density at radius 3 is 2.50 bits per heavy atom. The van der Waals surface area contributed by atoms with Crippen molar-refractivity contribution in [3.05, 3.63) is 30.3 Å². The quantitative estimate of drug-likeness (QED) is 0.834. The molecule has 0 bridgehead atoms. The van der Waals surface area contributed by atoms with Gasteiger partial charge < -0.3 is 10.2 Å². The topological polar surface area (TPSA) is 32.3 Å². The predicted molar refractivity (Wildman–Crippen MR) is 65.4 cm³/mol. The number of rotatable bonds is 3. The molecule has 1 amide bonds. The van der Waals surface area contributed by atoms with E-state index < -0.39 is 0 Å². The van der Waals surface area contributed by atoms with Crippen molar-refractivity contribution in [2.45, 2.75) is 6.92 Å². The maximum atomic E-state index is 12.2. The summed E-state index contributed by atoms with van der Waals surface area (Å²) in [5, 5.41) is 3.20. The number of nitrogens with one attached hydrogen (secondary N) is 1. The summed E-state index contributed by atoms with van der Waals surface area (Å²) in [6, 6.07) is 9.79. The van der Waals surface area contributed by atoms with Crippen molar-refractivity contribution in [3.63, 3.8) is 0 Å². The number of carbonyl (C=O) groups excluding carboxylic acids is 1. The number of amides is 1. The maximum absolute atomic E-state index is 12.2. The van der Waals surface area contributed by atoms with E-state index in [9.17, 15) is 4.79 Å². The van der Waals surface area contributed by atoms with Crippen LogP contribution in [0.4, 0.5) is 5.69 Å². The number of para-hydroxylation sites is 1. The number of hydrogen-bond acceptors (Lipinski definition) is 2. The Kier molecular flexibility index (Phi) is 3.25. The van der Waals surface area contributed by atoms with E-state index in [1.165, 1.54) is 0 Å². The normalized spacial score (nSPS) is 17.6. The van der Waals surface area contributed by atoms with Crippen molar-refractivity contribution in [2.24, 2.45) is 11.8 Å². The second-order valence-corrected chi connectivity index (χ2v) is 4.44. The summed E-state index contributed by atoms with van der Waals surface area (Å²) in [5.74, 6) is 0.808. The van der Waals surface area contributed by atoms with Gasteiger partial charge in [0.15, 0.2) is 0 Å². The van der Waals surface area contributed by atoms with E-state index in [-0.39, 0.29) is 11.8 Å². The molecule has 0 aromatic heterocycles. The molecule has 0 radical (unpaired) electrons. The highest BCUT2D eigenvalue weighted by atomic mass is 16.2. The molecule has 1 aromatic rings. The minimum atomic E-state index is 0.103. The highest BCUT2D eigenvalue weighted by Gasteiger charge is 2.30. The van der Waals surface area contributed by atoms with E-state index in [1.807, 2.05) is 44.3 Å². The average molecular weight is 218 g/mol. The van der Waals surface area contributed by atoms with Crippen molar-refractivity contribution in [1.29, 1.82) is 0 Å². The first-order chi connectivity index (χ1) is 7.70. The predicted octanol–water partition coefficient (Wildman–Crippen LogP) is 1.50. The number of benzene rings is 1. The van der Waals surface area contributed by atoms with Crippen molar-refractivity contribution in [3.8, 4) is 0 Å². The van der Waals surface area contributed by atoms with Crippen LogP contribution < -0.4 is 10.2 Å². The van der Waals surface area contributed by atoms with E-state index in [2.05, 4.69) is 5.32 Å². The smallest absolute Gasteiger partial charge is 0.229 e. The van der Waals surface area contributed by atoms with Gasteiger partial charge in [-0.15, -0.1) is 0 Å². The van der Waals surface area contributed by atoms with Crippen molar-refractivity contribution < 1.29 is 4.79 Å². The Labute approximate surface area is 96.5 Å². The Balaban J connectivity index is 2.04. The second-order valence-electron chi connectivity index (χ2n) is 4.44. The van der Waals surface area contributed by atoms with Gasteiger partial charge in [-0.3, -0.25) is 4.79 Å². The van der Waals surface area contributed by atoms with Gasteiger partial charge in [0, 0.05) is 18.7 Å². The molecule has 1 aliphatic rings. The van der Waals surface area contributed by atoms with Gasteiger partial charge >= 0.3 is 0 Å². The van der Waals surface area contributed by atoms with E-state index in [4.69, 9.17) is 0 Å². The monoisotopic (exact) mass is 218 g/mol. The molecule has 1 aromatic carbocycles. The minimum Gasteiger partial charge on any atom is -0.316 e. The number of carbonyl (C=O) groups is 1. The molecule has 3 nitrogen and oxygen atoms in total. The van der Waals surface area contributed by atoms with Gasteiger partial charge in [0.25, 0.3) is 0 Å². The Morgan fingerprint density at radius 2 is 2.00 bits per heavy atom. The van der Waals surface area contributed by atoms with Gasteiger partial charge in [0.1, 0.15) is 0 Å². The van der Waals surface area contributed by atoms with Gasteiger partial charge in [-0.05, 0) is 31.1 Å². The van der Waals surface area contributed by atoms with E-state index in [0.717, 1.165) is 18.8 Å². The molecule has 86 valence electrons. The third-order valence-corrected chi connectivity index (χ3v) is 3.38. The Bertz CT molecular complexity index is 359. The average Bonchev–Trinajstić information content (AvgIpc) is 2.26. The summed E-state index contributed by atoms with van der Waals surface area (Å²) in [6.07, 6.45) is 0. The third-order valence-electron chi connectivity index (χ3n) is 3.38. The molecule has 1 heterocycles. The zero-order chi connectivity index (χ0) is 11.5. The molecule has 0 spiro atoms. The molecule has 1 fully saturated rings. The van der Waals surface area contributed by atoms with Crippen molar-refractivity contribution >= 4 is 11.6 Å². The number of anilines is 1. The summed E-state index contributed by atoms with van der Waals surface area (Å²) < 4.78 is 0. The highest BCUT2D eigenvalue weighted by Crippen LogP contribution is 2.21. The molecule has 1 aliphatic heterocycles. The van der Waals surface area contributed by atoms with Gasteiger partial charge in [-0.1, -0.05) is 25.1 Å². The van der Waals surface area contributed by atoms with E-state index in [0.29, 0.717) is 5.92 Å². The fourth-order valence-electron chi connectivity index (χ4n) is 1.95. The molecule has 0 aliphatic carbocycles. The van der Waals surface area contributed by atoms with Crippen LogP contribution >= 0.6 is 0 Å². The van der Waals surface area contributed by atoms with Crippen LogP contribution in [-0.2, 0) is 4.79 Å². The Morgan fingerprint density at radius 1 is 1.38 bits per heavy atom. The molecule has 2 rings (SSSR count). The lowest BCUT2D eigenvalue weighted by Crippen LogP contribution is -2.50. The standard InChI is InChI=1S/C13H18N2O/c1-10(11-8-14-9-11)13(16)15(2)12-6-4-3-5-7-12/h3-7,10-11,14H,8-9H2,1-2H3. The number of hydrogen-bond donors (Lipinski definition) is 1. The van der Waals surface area contributed by atoms with Crippen LogP contribution in [0.5, 0.6) is 0 Å². The van der Waals surface area contributed by atoms with Crippen LogP contribution in [0.2, 0.25) is 0 Å². The zero-order valence-electron chi connectivity index (χ0n) is 9.81. The molecule has 1 atom stereocenters. The molecular formula is C13H18N2O. The number of nitrogens with zero attached hydrogens (tertiary/aromatic N) is 1. The third kappa shape index (κ3) is 2.09. The van der Waals surface area contributed by atoms with Gasteiger partial charge in [-0.2, -0.15) is 0 Å². The first-order valence-corrected chi connectivity index (χ1v) is 5.73. The first kappa shape index (κ1) is 11.1. The van der Waals surface area contributed by atoms with Crippen molar-refractivity contribution in [1.82, 2.24) is 5.32 Å². The summed E-state index contributed by atoms with van der Waals surface area (Å²) in [4.78, 5) is 13.9. The second kappa shape index (κ2) is 4.66. The van der Waals surface area contributed by atoms with E-state index in [1.54, 1.807) is 4.90 Å². The van der Waals surface area contributed by atoms with Crippen LogP contribution in [0, 0.1) is 11.8 Å². The Hall–Kier alpha value is -1.35.